The van der Waals surface area contributed by atoms with Gasteiger partial charge in [0.05, 0.1) is 18.0 Å². The maximum absolute atomic E-state index is 12.4. The third-order valence-corrected chi connectivity index (χ3v) is 5.64. The highest BCUT2D eigenvalue weighted by atomic mass is 35.5. The molecule has 1 N–H and O–H groups in total. The van der Waals surface area contributed by atoms with Crippen molar-refractivity contribution in [2.24, 2.45) is 0 Å². The molecule has 0 aliphatic carbocycles. The van der Waals surface area contributed by atoms with E-state index < -0.39 is 6.61 Å². The van der Waals surface area contributed by atoms with E-state index >= 15 is 0 Å². The van der Waals surface area contributed by atoms with Gasteiger partial charge >= 0.3 is 6.61 Å². The Hall–Kier alpha value is -3.50. The van der Waals surface area contributed by atoms with E-state index in [1.807, 2.05) is 30.3 Å². The maximum Gasteiger partial charge on any atom is 0.387 e. The number of nitrogens with one attached hydrogen (secondary N) is 1. The second kappa shape index (κ2) is 11.1. The van der Waals surface area contributed by atoms with Crippen LogP contribution in [0.15, 0.2) is 78.2 Å². The summed E-state index contributed by atoms with van der Waals surface area (Å²) in [6.45, 7) is -2.35. The summed E-state index contributed by atoms with van der Waals surface area (Å²) in [6, 6.07) is 17.6. The third kappa shape index (κ3) is 6.52. The van der Waals surface area contributed by atoms with Crippen LogP contribution in [0.2, 0.25) is 5.02 Å². The van der Waals surface area contributed by atoms with Gasteiger partial charge in [-0.2, -0.15) is 13.9 Å². The highest BCUT2D eigenvalue weighted by Gasteiger charge is 2.13. The molecule has 4 rings (SSSR count). The van der Waals surface area contributed by atoms with Gasteiger partial charge in [0.2, 0.25) is 5.91 Å². The summed E-state index contributed by atoms with van der Waals surface area (Å²) in [6.07, 6.45) is 3.22. The summed E-state index contributed by atoms with van der Waals surface area (Å²) in [5, 5.41) is 7.76. The molecule has 0 saturated heterocycles. The summed E-state index contributed by atoms with van der Waals surface area (Å²) in [7, 11) is 0. The molecule has 0 fully saturated rings. The normalized spacial score (nSPS) is 10.9. The molecule has 0 unspecified atom stereocenters. The SMILES string of the molecule is O=C(CSc1nccc(-c2ccc(OC(F)F)cc2)n1)Nc1nn(Cc2ccccc2)cc1Cl. The van der Waals surface area contributed by atoms with Gasteiger partial charge < -0.3 is 10.1 Å². The second-order valence-electron chi connectivity index (χ2n) is 6.97. The Morgan fingerprint density at radius 1 is 1.12 bits per heavy atom. The number of ether oxygens (including phenoxy) is 1. The minimum Gasteiger partial charge on any atom is -0.435 e. The van der Waals surface area contributed by atoms with Crippen LogP contribution < -0.4 is 10.1 Å². The maximum atomic E-state index is 12.4. The van der Waals surface area contributed by atoms with E-state index in [-0.39, 0.29) is 23.2 Å². The molecule has 7 nitrogen and oxygen atoms in total. The van der Waals surface area contributed by atoms with E-state index in [0.29, 0.717) is 28.0 Å². The lowest BCUT2D eigenvalue weighted by atomic mass is 10.1. The van der Waals surface area contributed by atoms with Gasteiger partial charge in [0, 0.05) is 18.0 Å². The van der Waals surface area contributed by atoms with Gasteiger partial charge in [-0.25, -0.2) is 9.97 Å². The Bertz CT molecular complexity index is 1260. The Balaban J connectivity index is 1.34. The lowest BCUT2D eigenvalue weighted by Gasteiger charge is -2.07. The molecule has 11 heteroatoms. The van der Waals surface area contributed by atoms with Crippen LogP contribution in [0.1, 0.15) is 5.56 Å². The standard InChI is InChI=1S/C23H18ClF2N5O2S/c24-18-13-31(12-15-4-2-1-3-5-15)30-21(18)29-20(32)14-34-23-27-11-10-19(28-23)16-6-8-17(9-7-16)33-22(25)26/h1-11,13,22H,12,14H2,(H,29,30,32). The zero-order valence-corrected chi connectivity index (χ0v) is 19.1. The topological polar surface area (TPSA) is 81.9 Å². The molecule has 0 aliphatic rings. The molecule has 2 aromatic carbocycles. The van der Waals surface area contributed by atoms with E-state index in [9.17, 15) is 13.6 Å². The quantitative estimate of drug-likeness (QED) is 0.245. The fraction of sp³-hybridized carbons (Fsp3) is 0.130. The average molecular weight is 502 g/mol. The zero-order valence-electron chi connectivity index (χ0n) is 17.6. The van der Waals surface area contributed by atoms with Crippen molar-refractivity contribution in [3.63, 3.8) is 0 Å². The van der Waals surface area contributed by atoms with Gasteiger partial charge in [-0.15, -0.1) is 0 Å². The number of carbonyl (C=O) groups excluding carboxylic acids is 1. The molecule has 1 amide bonds. The Labute approximate surface area is 203 Å². The van der Waals surface area contributed by atoms with E-state index in [2.05, 4.69) is 25.1 Å². The zero-order chi connectivity index (χ0) is 23.9. The highest BCUT2D eigenvalue weighted by molar-refractivity contribution is 7.99. The number of thioether (sulfide) groups is 1. The van der Waals surface area contributed by atoms with Crippen molar-refractivity contribution >= 4 is 35.1 Å². The van der Waals surface area contributed by atoms with Gasteiger partial charge in [-0.1, -0.05) is 53.7 Å². The summed E-state index contributed by atoms with van der Waals surface area (Å²) in [5.74, 6) is 0.0826. The Morgan fingerprint density at radius 3 is 2.62 bits per heavy atom. The predicted molar refractivity (Wildman–Crippen MR) is 126 cm³/mol. The van der Waals surface area contributed by atoms with Gasteiger partial charge in [0.15, 0.2) is 11.0 Å². The predicted octanol–water partition coefficient (Wildman–Crippen LogP) is 5.37. The smallest absolute Gasteiger partial charge is 0.387 e. The van der Waals surface area contributed by atoms with Crippen molar-refractivity contribution in [2.45, 2.75) is 18.3 Å². The summed E-state index contributed by atoms with van der Waals surface area (Å²) >= 11 is 7.37. The first-order valence-electron chi connectivity index (χ1n) is 10.0. The molecule has 4 aromatic rings. The fourth-order valence-corrected chi connectivity index (χ4v) is 3.84. The number of aromatic nitrogens is 4. The number of hydrogen-bond donors (Lipinski definition) is 1. The molecule has 0 radical (unpaired) electrons. The summed E-state index contributed by atoms with van der Waals surface area (Å²) in [4.78, 5) is 21.0. The number of nitrogens with zero attached hydrogens (tertiary/aromatic N) is 4. The number of anilines is 1. The number of hydrogen-bond acceptors (Lipinski definition) is 6. The molecule has 0 spiro atoms. The van der Waals surface area contributed by atoms with E-state index in [1.165, 1.54) is 12.1 Å². The number of halogens is 3. The summed E-state index contributed by atoms with van der Waals surface area (Å²) in [5.41, 5.74) is 2.35. The fourth-order valence-electron chi connectivity index (χ4n) is 3.01. The van der Waals surface area contributed by atoms with Crippen molar-refractivity contribution in [1.29, 1.82) is 0 Å². The number of rotatable bonds is 9. The van der Waals surface area contributed by atoms with Crippen LogP contribution in [0, 0.1) is 0 Å². The van der Waals surface area contributed by atoms with E-state index in [0.717, 1.165) is 17.3 Å². The van der Waals surface area contributed by atoms with Crippen molar-refractivity contribution in [1.82, 2.24) is 19.7 Å². The first-order valence-corrected chi connectivity index (χ1v) is 11.4. The van der Waals surface area contributed by atoms with Crippen LogP contribution in [0.4, 0.5) is 14.6 Å². The molecule has 2 aromatic heterocycles. The third-order valence-electron chi connectivity index (χ3n) is 4.50. The number of carbonyl (C=O) groups is 1. The minimum atomic E-state index is -2.88. The molecule has 0 atom stereocenters. The van der Waals surface area contributed by atoms with Gasteiger partial charge in [0.1, 0.15) is 10.8 Å². The van der Waals surface area contributed by atoms with Crippen molar-refractivity contribution in [3.8, 4) is 17.0 Å². The van der Waals surface area contributed by atoms with Crippen LogP contribution in [0.5, 0.6) is 5.75 Å². The van der Waals surface area contributed by atoms with Crippen LogP contribution >= 0.6 is 23.4 Å². The Morgan fingerprint density at radius 2 is 1.88 bits per heavy atom. The highest BCUT2D eigenvalue weighted by Crippen LogP contribution is 2.24. The second-order valence-corrected chi connectivity index (χ2v) is 8.32. The monoisotopic (exact) mass is 501 g/mol. The van der Waals surface area contributed by atoms with Gasteiger partial charge in [0.25, 0.3) is 0 Å². The molecule has 2 heterocycles. The molecular formula is C23H18ClF2N5O2S. The summed E-state index contributed by atoms with van der Waals surface area (Å²) < 4.78 is 30.6. The van der Waals surface area contributed by atoms with Crippen LogP contribution in [0.25, 0.3) is 11.3 Å². The molecule has 174 valence electrons. The van der Waals surface area contributed by atoms with Gasteiger partial charge in [-0.3, -0.25) is 9.48 Å². The van der Waals surface area contributed by atoms with Crippen LogP contribution in [-0.2, 0) is 11.3 Å². The van der Waals surface area contributed by atoms with Crippen molar-refractivity contribution in [2.75, 3.05) is 11.1 Å². The van der Waals surface area contributed by atoms with Crippen LogP contribution in [0.3, 0.4) is 0 Å². The van der Waals surface area contributed by atoms with Crippen molar-refractivity contribution in [3.05, 3.63) is 83.6 Å². The van der Waals surface area contributed by atoms with Gasteiger partial charge in [-0.05, 0) is 35.9 Å². The lowest BCUT2D eigenvalue weighted by molar-refractivity contribution is -0.113. The number of alkyl halides is 2. The molecule has 0 saturated carbocycles. The molecule has 0 aliphatic heterocycles. The minimum absolute atomic E-state index is 0.0481. The van der Waals surface area contributed by atoms with E-state index in [4.69, 9.17) is 11.6 Å². The largest absolute Gasteiger partial charge is 0.435 e. The first-order chi connectivity index (χ1) is 16.5. The average Bonchev–Trinajstić information content (AvgIpc) is 3.17. The molecule has 34 heavy (non-hydrogen) atoms. The van der Waals surface area contributed by atoms with Crippen molar-refractivity contribution < 1.29 is 18.3 Å². The molecular weight excluding hydrogens is 484 g/mol. The Kier molecular flexibility index (Phi) is 7.71. The molecule has 0 bridgehead atoms. The lowest BCUT2D eigenvalue weighted by Crippen LogP contribution is -2.15. The van der Waals surface area contributed by atoms with E-state index in [1.54, 1.807) is 35.3 Å². The van der Waals surface area contributed by atoms with Crippen LogP contribution in [-0.4, -0.2) is 38.0 Å². The first kappa shape index (κ1) is 23.7. The number of benzene rings is 2. The number of amides is 1.